The topological polar surface area (TPSA) is 97.1 Å². The molecule has 0 saturated heterocycles. The van der Waals surface area contributed by atoms with Gasteiger partial charge >= 0.3 is 0 Å². The van der Waals surface area contributed by atoms with Crippen LogP contribution in [0.4, 0.5) is 11.4 Å². The maximum Gasteiger partial charge on any atom is 0.265 e. The number of anilines is 2. The predicted molar refractivity (Wildman–Crippen MR) is 77.0 cm³/mol. The molecule has 6 nitrogen and oxygen atoms in total. The number of rotatable bonds is 4. The molecule has 100 valence electrons. The lowest BCUT2D eigenvalue weighted by atomic mass is 10.3. The van der Waals surface area contributed by atoms with Crippen molar-refractivity contribution in [1.82, 2.24) is 4.98 Å². The van der Waals surface area contributed by atoms with Gasteiger partial charge in [-0.1, -0.05) is 15.9 Å². The van der Waals surface area contributed by atoms with Crippen molar-refractivity contribution in [3.8, 4) is 0 Å². The first-order valence-corrected chi connectivity index (χ1v) is 7.49. The summed E-state index contributed by atoms with van der Waals surface area (Å²) >= 11 is 3.28. The summed E-state index contributed by atoms with van der Waals surface area (Å²) in [4.78, 5) is 3.78. The molecule has 4 N–H and O–H groups in total. The Balaban J connectivity index is 2.35. The lowest BCUT2D eigenvalue weighted by Gasteiger charge is -2.11. The van der Waals surface area contributed by atoms with Gasteiger partial charge in [-0.3, -0.25) is 15.5 Å². The average molecular weight is 343 g/mol. The second-order valence-corrected chi connectivity index (χ2v) is 6.20. The molecule has 2 rings (SSSR count). The van der Waals surface area contributed by atoms with Crippen LogP contribution < -0.4 is 16.0 Å². The Morgan fingerprint density at radius 3 is 2.47 bits per heavy atom. The summed E-state index contributed by atoms with van der Waals surface area (Å²) in [6, 6.07) is 8.25. The fraction of sp³-hybridized carbons (Fsp3) is 0. The summed E-state index contributed by atoms with van der Waals surface area (Å²) in [6.45, 7) is 0. The Bertz CT molecular complexity index is 673. The Kier molecular flexibility index (Phi) is 4.03. The number of nitrogens with one attached hydrogen (secondary N) is 2. The highest BCUT2D eigenvalue weighted by Gasteiger charge is 2.18. The van der Waals surface area contributed by atoms with Crippen molar-refractivity contribution in [3.63, 3.8) is 0 Å². The third-order valence-electron chi connectivity index (χ3n) is 2.33. The molecule has 0 aliphatic heterocycles. The molecular formula is C11H11BrN4O2S. The average Bonchev–Trinajstić information content (AvgIpc) is 2.41. The van der Waals surface area contributed by atoms with Crippen LogP contribution in [0, 0.1) is 0 Å². The van der Waals surface area contributed by atoms with Crippen molar-refractivity contribution >= 4 is 37.3 Å². The number of aromatic nitrogens is 1. The fourth-order valence-electron chi connectivity index (χ4n) is 1.44. The maximum atomic E-state index is 12.2. The van der Waals surface area contributed by atoms with E-state index < -0.39 is 10.0 Å². The number of pyridine rings is 1. The molecule has 0 radical (unpaired) electrons. The minimum Gasteiger partial charge on any atom is -0.323 e. The molecule has 0 unspecified atom stereocenters. The number of halogens is 1. The first-order valence-electron chi connectivity index (χ1n) is 5.22. The van der Waals surface area contributed by atoms with Gasteiger partial charge in [0, 0.05) is 22.6 Å². The van der Waals surface area contributed by atoms with Gasteiger partial charge in [-0.05, 0) is 30.3 Å². The first kappa shape index (κ1) is 13.8. The normalized spacial score (nSPS) is 11.1. The fourth-order valence-corrected chi connectivity index (χ4v) is 2.88. The first-order chi connectivity index (χ1) is 9.03. The molecule has 2 aromatic rings. The van der Waals surface area contributed by atoms with Crippen molar-refractivity contribution in [1.29, 1.82) is 0 Å². The van der Waals surface area contributed by atoms with Gasteiger partial charge in [-0.2, -0.15) is 0 Å². The van der Waals surface area contributed by atoms with Gasteiger partial charge in [-0.15, -0.1) is 0 Å². The highest BCUT2D eigenvalue weighted by Crippen LogP contribution is 2.22. The van der Waals surface area contributed by atoms with E-state index in [1.807, 2.05) is 0 Å². The molecule has 8 heteroatoms. The lowest BCUT2D eigenvalue weighted by molar-refractivity contribution is 0.601. The Labute approximate surface area is 119 Å². The highest BCUT2D eigenvalue weighted by atomic mass is 79.9. The molecular weight excluding hydrogens is 332 g/mol. The van der Waals surface area contributed by atoms with E-state index >= 15 is 0 Å². The Morgan fingerprint density at radius 2 is 1.84 bits per heavy atom. The predicted octanol–water partition coefficient (Wildman–Crippen LogP) is 1.93. The summed E-state index contributed by atoms with van der Waals surface area (Å²) in [6.07, 6.45) is 2.68. The van der Waals surface area contributed by atoms with Crippen LogP contribution in [0.25, 0.3) is 0 Å². The van der Waals surface area contributed by atoms with E-state index in [4.69, 9.17) is 5.84 Å². The van der Waals surface area contributed by atoms with Gasteiger partial charge in [0.15, 0.2) is 0 Å². The largest absolute Gasteiger partial charge is 0.323 e. The van der Waals surface area contributed by atoms with Crippen LogP contribution in [0.1, 0.15) is 0 Å². The van der Waals surface area contributed by atoms with Gasteiger partial charge in [0.05, 0.1) is 5.69 Å². The summed E-state index contributed by atoms with van der Waals surface area (Å²) in [5.74, 6) is 5.28. The maximum absolute atomic E-state index is 12.2. The smallest absolute Gasteiger partial charge is 0.265 e. The van der Waals surface area contributed by atoms with Gasteiger partial charge in [0.1, 0.15) is 4.90 Å². The molecule has 1 aromatic carbocycles. The monoisotopic (exact) mass is 342 g/mol. The second-order valence-electron chi connectivity index (χ2n) is 3.63. The van der Waals surface area contributed by atoms with Crippen molar-refractivity contribution in [2.24, 2.45) is 5.84 Å². The van der Waals surface area contributed by atoms with Crippen molar-refractivity contribution < 1.29 is 8.42 Å². The van der Waals surface area contributed by atoms with Crippen LogP contribution in [0.3, 0.4) is 0 Å². The Morgan fingerprint density at radius 1 is 1.16 bits per heavy atom. The number of benzene rings is 1. The van der Waals surface area contributed by atoms with Crippen molar-refractivity contribution in [2.45, 2.75) is 4.90 Å². The molecule has 0 aliphatic carbocycles. The highest BCUT2D eigenvalue weighted by molar-refractivity contribution is 9.10. The molecule has 0 saturated carbocycles. The van der Waals surface area contributed by atoms with E-state index in [1.54, 1.807) is 24.3 Å². The number of sulfonamides is 1. The van der Waals surface area contributed by atoms with Crippen LogP contribution in [-0.4, -0.2) is 13.4 Å². The molecule has 19 heavy (non-hydrogen) atoms. The van der Waals surface area contributed by atoms with Gasteiger partial charge in [0.25, 0.3) is 10.0 Å². The molecule has 0 amide bonds. The zero-order chi connectivity index (χ0) is 13.9. The zero-order valence-corrected chi connectivity index (χ0v) is 12.1. The third kappa shape index (κ3) is 3.22. The number of hydrogen-bond donors (Lipinski definition) is 3. The van der Waals surface area contributed by atoms with Gasteiger partial charge < -0.3 is 5.43 Å². The second kappa shape index (κ2) is 5.55. The quantitative estimate of drug-likeness (QED) is 0.582. The number of nitrogens with zero attached hydrogens (tertiary/aromatic N) is 1. The van der Waals surface area contributed by atoms with Crippen LogP contribution in [0.5, 0.6) is 0 Å². The van der Waals surface area contributed by atoms with E-state index in [2.05, 4.69) is 31.1 Å². The number of hydrazine groups is 1. The van der Waals surface area contributed by atoms with E-state index in [9.17, 15) is 8.42 Å². The van der Waals surface area contributed by atoms with E-state index in [1.165, 1.54) is 18.5 Å². The van der Waals surface area contributed by atoms with Crippen molar-refractivity contribution in [2.75, 3.05) is 10.1 Å². The Hall–Kier alpha value is -1.64. The molecule has 0 spiro atoms. The molecule has 1 heterocycles. The summed E-state index contributed by atoms with van der Waals surface area (Å²) in [5.41, 5.74) is 3.06. The van der Waals surface area contributed by atoms with Gasteiger partial charge in [0.2, 0.25) is 0 Å². The molecule has 0 bridgehead atoms. The molecule has 0 fully saturated rings. The molecule has 1 aromatic heterocycles. The standard InChI is InChI=1S/C11H11BrN4O2S/c12-8-1-3-9(4-2-8)16-19(17,18)11-7-14-6-5-10(11)15-13/h1-7,16H,13H2,(H,14,15). The molecule has 0 atom stereocenters. The summed E-state index contributed by atoms with van der Waals surface area (Å²) < 4.78 is 27.7. The van der Waals surface area contributed by atoms with Crippen LogP contribution in [0.2, 0.25) is 0 Å². The minimum atomic E-state index is -3.74. The van der Waals surface area contributed by atoms with Crippen LogP contribution in [-0.2, 0) is 10.0 Å². The van der Waals surface area contributed by atoms with Gasteiger partial charge in [-0.25, -0.2) is 8.42 Å². The SMILES string of the molecule is NNc1ccncc1S(=O)(=O)Nc1ccc(Br)cc1. The van der Waals surface area contributed by atoms with E-state index in [0.717, 1.165) is 4.47 Å². The van der Waals surface area contributed by atoms with E-state index in [0.29, 0.717) is 5.69 Å². The van der Waals surface area contributed by atoms with Crippen LogP contribution in [0.15, 0.2) is 52.1 Å². The minimum absolute atomic E-state index is 0.0135. The van der Waals surface area contributed by atoms with Crippen LogP contribution >= 0.6 is 15.9 Å². The number of nitrogen functional groups attached to an aromatic ring is 1. The number of hydrogen-bond acceptors (Lipinski definition) is 5. The molecule has 0 aliphatic rings. The van der Waals surface area contributed by atoms with E-state index in [-0.39, 0.29) is 10.6 Å². The summed E-state index contributed by atoms with van der Waals surface area (Å²) in [7, 11) is -3.74. The third-order valence-corrected chi connectivity index (χ3v) is 4.26. The zero-order valence-electron chi connectivity index (χ0n) is 9.67. The lowest BCUT2D eigenvalue weighted by Crippen LogP contribution is -2.17. The number of nitrogens with two attached hydrogens (primary N) is 1. The van der Waals surface area contributed by atoms with Crippen molar-refractivity contribution in [3.05, 3.63) is 47.2 Å². The summed E-state index contributed by atoms with van der Waals surface area (Å²) in [5, 5.41) is 0.